The lowest BCUT2D eigenvalue weighted by Crippen LogP contribution is -2.31. The van der Waals surface area contributed by atoms with Gasteiger partial charge in [-0.05, 0) is 66.8 Å². The van der Waals surface area contributed by atoms with Gasteiger partial charge in [0.05, 0.1) is 24.2 Å². The van der Waals surface area contributed by atoms with Crippen molar-refractivity contribution in [3.8, 4) is 6.07 Å². The monoisotopic (exact) mass is 414 g/mol. The molecule has 0 saturated carbocycles. The molecule has 0 saturated heterocycles. The molecule has 2 aromatic rings. The number of benzene rings is 2. The Morgan fingerprint density at radius 2 is 2.06 bits per heavy atom. The number of nitrogens with one attached hydrogen (secondary N) is 2. The van der Waals surface area contributed by atoms with Crippen molar-refractivity contribution in [3.05, 3.63) is 76.5 Å². The van der Waals surface area contributed by atoms with Gasteiger partial charge >= 0.3 is 0 Å². The zero-order valence-electron chi connectivity index (χ0n) is 18.0. The topological polar surface area (TPSA) is 103 Å². The first kappa shape index (κ1) is 21.0. The lowest BCUT2D eigenvalue weighted by molar-refractivity contribution is 0.402. The van der Waals surface area contributed by atoms with Crippen molar-refractivity contribution >= 4 is 17.0 Å². The Balaban J connectivity index is 1.74. The number of hydrogen-bond donors (Lipinski definition) is 4. The van der Waals surface area contributed by atoms with Crippen molar-refractivity contribution < 1.29 is 0 Å². The maximum absolute atomic E-state index is 8.91. The van der Waals surface area contributed by atoms with Crippen LogP contribution in [-0.4, -0.2) is 24.6 Å². The number of allylic oxidation sites excluding steroid dienone is 1. The molecule has 0 aliphatic carbocycles. The van der Waals surface area contributed by atoms with Gasteiger partial charge in [-0.3, -0.25) is 0 Å². The van der Waals surface area contributed by atoms with Crippen LogP contribution in [0.25, 0.3) is 11.3 Å². The fourth-order valence-corrected chi connectivity index (χ4v) is 4.44. The third-order valence-electron chi connectivity index (χ3n) is 6.01. The highest BCUT2D eigenvalue weighted by Crippen LogP contribution is 2.37. The quantitative estimate of drug-likeness (QED) is 0.571. The molecule has 6 heteroatoms. The normalized spacial score (nSPS) is 20.2. The van der Waals surface area contributed by atoms with E-state index < -0.39 is 0 Å². The Labute approximate surface area is 184 Å². The number of fused-ring (bicyclic) bond motifs is 1. The molecule has 0 spiro atoms. The maximum atomic E-state index is 8.91. The minimum absolute atomic E-state index is 0.0991. The Morgan fingerprint density at radius 1 is 1.26 bits per heavy atom. The highest BCUT2D eigenvalue weighted by atomic mass is 15.4. The van der Waals surface area contributed by atoms with E-state index in [0.29, 0.717) is 13.0 Å². The molecule has 6 N–H and O–H groups in total. The van der Waals surface area contributed by atoms with Crippen molar-refractivity contribution in [2.75, 3.05) is 25.0 Å². The SMILES string of the molecule is C/C(N)=C1\c2ccc(C3=CCNCC3)cc2C(Nc2ccc(CC#N)cc2)CCN1N. The smallest absolute Gasteiger partial charge is 0.0777 e. The van der Waals surface area contributed by atoms with Crippen molar-refractivity contribution in [2.24, 2.45) is 11.6 Å². The molecule has 2 aliphatic heterocycles. The zero-order chi connectivity index (χ0) is 21.8. The fourth-order valence-electron chi connectivity index (χ4n) is 4.44. The fraction of sp³-hybridized carbons (Fsp3) is 0.320. The summed E-state index contributed by atoms with van der Waals surface area (Å²) in [6.45, 7) is 4.52. The van der Waals surface area contributed by atoms with E-state index in [1.807, 2.05) is 31.2 Å². The Morgan fingerprint density at radius 3 is 2.74 bits per heavy atom. The van der Waals surface area contributed by atoms with E-state index in [1.54, 1.807) is 5.01 Å². The molecule has 160 valence electrons. The van der Waals surface area contributed by atoms with E-state index in [9.17, 15) is 0 Å². The number of hydrogen-bond acceptors (Lipinski definition) is 6. The van der Waals surface area contributed by atoms with Crippen LogP contribution >= 0.6 is 0 Å². The molecule has 0 aromatic heterocycles. The number of nitriles is 1. The van der Waals surface area contributed by atoms with Crippen LogP contribution < -0.4 is 22.2 Å². The first-order valence-electron chi connectivity index (χ1n) is 10.8. The number of nitrogens with two attached hydrogens (primary N) is 2. The molecule has 1 unspecified atom stereocenters. The third kappa shape index (κ3) is 4.58. The number of nitrogens with zero attached hydrogens (tertiary/aromatic N) is 2. The largest absolute Gasteiger partial charge is 0.401 e. The van der Waals surface area contributed by atoms with Crippen molar-refractivity contribution in [1.82, 2.24) is 10.3 Å². The van der Waals surface area contributed by atoms with E-state index >= 15 is 0 Å². The molecule has 2 aliphatic rings. The summed E-state index contributed by atoms with van der Waals surface area (Å²) in [4.78, 5) is 0. The molecule has 31 heavy (non-hydrogen) atoms. The van der Waals surface area contributed by atoms with Crippen molar-refractivity contribution in [2.45, 2.75) is 32.2 Å². The van der Waals surface area contributed by atoms with Gasteiger partial charge in [0.25, 0.3) is 0 Å². The Hall–Kier alpha value is -3.27. The van der Waals surface area contributed by atoms with Crippen LogP contribution in [0.3, 0.4) is 0 Å². The van der Waals surface area contributed by atoms with Gasteiger partial charge in [-0.25, -0.2) is 5.84 Å². The Kier molecular flexibility index (Phi) is 6.26. The maximum Gasteiger partial charge on any atom is 0.0777 e. The standard InChI is InChI=1S/C25H30N6/c1-17(27)25-22-7-4-20(19-9-13-29-14-10-19)16-23(22)24(11-15-31(25)28)30-21-5-2-18(3-6-21)8-12-26/h2-7,9,16,24,29-30H,8,10-11,13-15,27-28H2,1H3/b25-17-. The van der Waals surface area contributed by atoms with E-state index in [0.717, 1.165) is 54.1 Å². The van der Waals surface area contributed by atoms with Gasteiger partial charge in [0, 0.05) is 30.0 Å². The van der Waals surface area contributed by atoms with Gasteiger partial charge in [-0.1, -0.05) is 30.3 Å². The van der Waals surface area contributed by atoms with Crippen LogP contribution in [0.4, 0.5) is 5.69 Å². The van der Waals surface area contributed by atoms with Gasteiger partial charge in [-0.2, -0.15) is 5.26 Å². The molecular formula is C25H30N6. The van der Waals surface area contributed by atoms with Crippen LogP contribution in [0.15, 0.2) is 54.2 Å². The summed E-state index contributed by atoms with van der Waals surface area (Å²) >= 11 is 0. The summed E-state index contributed by atoms with van der Waals surface area (Å²) in [7, 11) is 0. The molecule has 1 atom stereocenters. The molecule has 2 heterocycles. The van der Waals surface area contributed by atoms with Gasteiger partial charge < -0.3 is 21.4 Å². The van der Waals surface area contributed by atoms with E-state index in [4.69, 9.17) is 16.8 Å². The molecule has 0 fully saturated rings. The number of anilines is 1. The second-order valence-electron chi connectivity index (χ2n) is 8.23. The highest BCUT2D eigenvalue weighted by molar-refractivity contribution is 5.75. The van der Waals surface area contributed by atoms with Crippen molar-refractivity contribution in [3.63, 3.8) is 0 Å². The van der Waals surface area contributed by atoms with Crippen LogP contribution in [-0.2, 0) is 6.42 Å². The number of rotatable bonds is 4. The number of hydrazine groups is 1. The molecule has 0 radical (unpaired) electrons. The summed E-state index contributed by atoms with van der Waals surface area (Å²) in [6, 6.07) is 17.0. The summed E-state index contributed by atoms with van der Waals surface area (Å²) in [5, 5.41) is 17.8. The highest BCUT2D eigenvalue weighted by Gasteiger charge is 2.26. The summed E-state index contributed by atoms with van der Waals surface area (Å²) in [5.74, 6) is 6.40. The first-order valence-corrected chi connectivity index (χ1v) is 10.8. The molecule has 0 amide bonds. The molecule has 0 bridgehead atoms. The minimum atomic E-state index is 0.0991. The lowest BCUT2D eigenvalue weighted by Gasteiger charge is -2.23. The molecular weight excluding hydrogens is 384 g/mol. The molecule has 6 nitrogen and oxygen atoms in total. The zero-order valence-corrected chi connectivity index (χ0v) is 18.0. The minimum Gasteiger partial charge on any atom is -0.401 e. The van der Waals surface area contributed by atoms with Gasteiger partial charge in [0.15, 0.2) is 0 Å². The van der Waals surface area contributed by atoms with Crippen LogP contribution in [0.2, 0.25) is 0 Å². The van der Waals surface area contributed by atoms with Gasteiger partial charge in [0.2, 0.25) is 0 Å². The van der Waals surface area contributed by atoms with Gasteiger partial charge in [0.1, 0.15) is 0 Å². The second-order valence-corrected chi connectivity index (χ2v) is 8.23. The Bertz CT molecular complexity index is 1040. The second kappa shape index (κ2) is 9.25. The van der Waals surface area contributed by atoms with Gasteiger partial charge in [-0.15, -0.1) is 0 Å². The van der Waals surface area contributed by atoms with Crippen LogP contribution in [0, 0.1) is 11.3 Å². The lowest BCUT2D eigenvalue weighted by atomic mass is 9.91. The summed E-state index contributed by atoms with van der Waals surface area (Å²) in [5.41, 5.74) is 14.9. The molecule has 2 aromatic carbocycles. The van der Waals surface area contributed by atoms with Crippen LogP contribution in [0.1, 0.15) is 48.1 Å². The van der Waals surface area contributed by atoms with E-state index in [1.165, 1.54) is 16.7 Å². The summed E-state index contributed by atoms with van der Waals surface area (Å²) < 4.78 is 0. The van der Waals surface area contributed by atoms with E-state index in [2.05, 4.69) is 41.0 Å². The van der Waals surface area contributed by atoms with Crippen LogP contribution in [0.5, 0.6) is 0 Å². The average Bonchev–Trinajstić information content (AvgIpc) is 2.92. The molecule has 4 rings (SSSR count). The predicted molar refractivity (Wildman–Crippen MR) is 126 cm³/mol. The van der Waals surface area contributed by atoms with Crippen molar-refractivity contribution in [1.29, 1.82) is 5.26 Å². The average molecular weight is 415 g/mol. The first-order chi connectivity index (χ1) is 15.1. The predicted octanol–water partition coefficient (Wildman–Crippen LogP) is 3.51. The third-order valence-corrected chi connectivity index (χ3v) is 6.01. The summed E-state index contributed by atoms with van der Waals surface area (Å²) in [6.07, 6.45) is 4.58. The van der Waals surface area contributed by atoms with E-state index in [-0.39, 0.29) is 6.04 Å².